The Morgan fingerprint density at radius 1 is 1.22 bits per heavy atom. The van der Waals surface area contributed by atoms with Crippen LogP contribution in [0.3, 0.4) is 0 Å². The van der Waals surface area contributed by atoms with E-state index in [0.29, 0.717) is 16.4 Å². The third kappa shape index (κ3) is 9.18. The fourth-order valence-corrected chi connectivity index (χ4v) is 8.45. The van der Waals surface area contributed by atoms with Crippen LogP contribution >= 0.6 is 11.9 Å². The second kappa shape index (κ2) is 11.1. The molecule has 0 amide bonds. The second-order valence-corrected chi connectivity index (χ2v) is 11.6. The minimum absolute atomic E-state index is 0.00739. The van der Waals surface area contributed by atoms with Gasteiger partial charge in [-0.05, 0) is 0 Å². The number of carboxylic acid groups (broad SMARTS) is 2. The van der Waals surface area contributed by atoms with Crippen LogP contribution in [0.1, 0.15) is 0 Å². The van der Waals surface area contributed by atoms with Gasteiger partial charge in [0.25, 0.3) is 0 Å². The number of hydrogen-bond acceptors (Lipinski definition) is 6. The predicted molar refractivity (Wildman–Crippen MR) is 70.8 cm³/mol. The summed E-state index contributed by atoms with van der Waals surface area (Å²) in [6.45, 7) is -0.00739. The molecule has 0 aromatic rings. The Hall–Kier alpha value is 0.209. The first-order valence-corrected chi connectivity index (χ1v) is 12.7. The van der Waals surface area contributed by atoms with Gasteiger partial charge in [0, 0.05) is 0 Å². The van der Waals surface area contributed by atoms with Gasteiger partial charge in [0.15, 0.2) is 0 Å². The van der Waals surface area contributed by atoms with Crippen molar-refractivity contribution < 1.29 is 24.9 Å². The van der Waals surface area contributed by atoms with E-state index >= 15 is 0 Å². The zero-order chi connectivity index (χ0) is 14.0. The molecule has 1 unspecified atom stereocenters. The molecule has 0 radical (unpaired) electrons. The molecule has 0 heterocycles. The van der Waals surface area contributed by atoms with Crippen molar-refractivity contribution in [2.45, 2.75) is 22.7 Å². The summed E-state index contributed by atoms with van der Waals surface area (Å²) in [5.41, 5.74) is 5.35. The molecule has 0 saturated heterocycles. The Bertz CT molecular complexity index is 272. The molecule has 0 fully saturated rings. The van der Waals surface area contributed by atoms with E-state index in [4.69, 9.17) is 21.1 Å². The molecule has 0 bridgehead atoms. The van der Waals surface area contributed by atoms with Crippen LogP contribution in [0.2, 0.25) is 10.6 Å². The molecule has 10 heteroatoms. The number of carbonyl (C=O) groups is 2. The molecule has 6 N–H and O–H groups in total. The molecule has 0 saturated carbocycles. The van der Waals surface area contributed by atoms with Crippen molar-refractivity contribution in [1.82, 2.24) is 4.72 Å². The molecular formula is C8H16N2O5SSe2. The summed E-state index contributed by atoms with van der Waals surface area (Å²) in [7, 11) is 0. The van der Waals surface area contributed by atoms with Gasteiger partial charge in [-0.25, -0.2) is 0 Å². The molecule has 0 aliphatic heterocycles. The standard InChI is InChI=1S/C8H16N2O5SSe2/c9-5(7(12)13)3-17-18-4-6(8(14)15)10-16-2-1-11/h5-6,10-11H,1-4,9H2,(H,12,13)(H,14,15)/t5?,6-/m0/s1. The van der Waals surface area contributed by atoms with Crippen LogP contribution in [0.4, 0.5) is 0 Å². The summed E-state index contributed by atoms with van der Waals surface area (Å²) in [5.74, 6) is -1.51. The average molecular weight is 410 g/mol. The number of aliphatic hydroxyl groups is 1. The zero-order valence-corrected chi connectivity index (χ0v) is 13.7. The van der Waals surface area contributed by atoms with Crippen LogP contribution in [0.25, 0.3) is 0 Å². The van der Waals surface area contributed by atoms with Crippen molar-refractivity contribution in [3.8, 4) is 0 Å². The Labute approximate surface area is 120 Å². The molecule has 106 valence electrons. The molecular weight excluding hydrogens is 394 g/mol. The number of rotatable bonds is 11. The third-order valence-electron chi connectivity index (χ3n) is 1.60. The maximum atomic E-state index is 10.9. The minimum atomic E-state index is -1.01. The van der Waals surface area contributed by atoms with Crippen LogP contribution in [-0.4, -0.2) is 78.0 Å². The van der Waals surface area contributed by atoms with Crippen LogP contribution in [0.5, 0.6) is 0 Å². The Morgan fingerprint density at radius 3 is 2.33 bits per heavy atom. The second-order valence-electron chi connectivity index (χ2n) is 3.09. The summed E-state index contributed by atoms with van der Waals surface area (Å²) in [6.07, 6.45) is 0. The molecule has 0 aromatic heterocycles. The van der Waals surface area contributed by atoms with Gasteiger partial charge in [0.2, 0.25) is 0 Å². The summed E-state index contributed by atoms with van der Waals surface area (Å²) in [5, 5.41) is 27.0. The summed E-state index contributed by atoms with van der Waals surface area (Å²) < 4.78 is 2.77. The molecule has 7 nitrogen and oxygen atoms in total. The molecule has 0 rings (SSSR count). The van der Waals surface area contributed by atoms with Crippen LogP contribution in [-0.2, 0) is 9.59 Å². The Balaban J connectivity index is 3.76. The average Bonchev–Trinajstić information content (AvgIpc) is 2.31. The van der Waals surface area contributed by atoms with Gasteiger partial charge >= 0.3 is 121 Å². The van der Waals surface area contributed by atoms with Crippen molar-refractivity contribution in [2.24, 2.45) is 5.73 Å². The van der Waals surface area contributed by atoms with Crippen LogP contribution < -0.4 is 10.5 Å². The van der Waals surface area contributed by atoms with E-state index in [1.807, 2.05) is 0 Å². The Kier molecular flexibility index (Phi) is 11.2. The van der Waals surface area contributed by atoms with Gasteiger partial charge < -0.3 is 0 Å². The summed E-state index contributed by atoms with van der Waals surface area (Å²) >= 11 is 1.35. The van der Waals surface area contributed by atoms with E-state index in [1.165, 1.54) is 11.9 Å². The van der Waals surface area contributed by atoms with E-state index in [0.717, 1.165) is 0 Å². The van der Waals surface area contributed by atoms with Crippen LogP contribution in [0, 0.1) is 0 Å². The number of aliphatic hydroxyl groups excluding tert-OH is 1. The number of carboxylic acids is 2. The van der Waals surface area contributed by atoms with E-state index < -0.39 is 24.0 Å². The predicted octanol–water partition coefficient (Wildman–Crippen LogP) is -1.76. The normalized spacial score (nSPS) is 14.1. The van der Waals surface area contributed by atoms with Gasteiger partial charge in [-0.1, -0.05) is 0 Å². The number of aliphatic carboxylic acids is 2. The monoisotopic (exact) mass is 412 g/mol. The summed E-state index contributed by atoms with van der Waals surface area (Å²) in [4.78, 5) is 21.4. The van der Waals surface area contributed by atoms with E-state index in [2.05, 4.69) is 4.72 Å². The molecule has 0 aliphatic carbocycles. The van der Waals surface area contributed by atoms with Gasteiger partial charge in [-0.2, -0.15) is 0 Å². The zero-order valence-electron chi connectivity index (χ0n) is 9.44. The fourth-order valence-electron chi connectivity index (χ4n) is 0.670. The van der Waals surface area contributed by atoms with Gasteiger partial charge in [-0.15, -0.1) is 0 Å². The van der Waals surface area contributed by atoms with E-state index in [9.17, 15) is 9.59 Å². The summed E-state index contributed by atoms with van der Waals surface area (Å²) in [6, 6.07) is -1.49. The molecule has 18 heavy (non-hydrogen) atoms. The maximum absolute atomic E-state index is 10.9. The number of nitrogens with one attached hydrogen (secondary N) is 1. The number of hydrogen-bond donors (Lipinski definition) is 5. The first-order chi connectivity index (χ1) is 8.49. The van der Waals surface area contributed by atoms with E-state index in [1.54, 1.807) is 0 Å². The fraction of sp³-hybridized carbons (Fsp3) is 0.750. The third-order valence-corrected chi connectivity index (χ3v) is 9.60. The quantitative estimate of drug-likeness (QED) is 0.154. The van der Waals surface area contributed by atoms with Gasteiger partial charge in [-0.3, -0.25) is 0 Å². The number of nitrogens with two attached hydrogens (primary N) is 1. The topological polar surface area (TPSA) is 133 Å². The Morgan fingerprint density at radius 2 is 1.83 bits per heavy atom. The van der Waals surface area contributed by atoms with Crippen molar-refractivity contribution in [3.05, 3.63) is 0 Å². The van der Waals surface area contributed by atoms with Crippen molar-refractivity contribution in [2.75, 3.05) is 12.4 Å². The molecule has 0 spiro atoms. The van der Waals surface area contributed by atoms with Crippen molar-refractivity contribution >= 4 is 50.1 Å². The molecule has 2 atom stereocenters. The molecule has 0 aromatic carbocycles. The van der Waals surface area contributed by atoms with Crippen LogP contribution in [0.15, 0.2) is 0 Å². The van der Waals surface area contributed by atoms with Gasteiger partial charge in [0.05, 0.1) is 0 Å². The van der Waals surface area contributed by atoms with Crippen molar-refractivity contribution in [3.63, 3.8) is 0 Å². The first-order valence-electron chi connectivity index (χ1n) is 4.92. The molecule has 0 aliphatic rings. The SMILES string of the molecule is NC(C[Se][Se]C[C@H](NSCCO)C(=O)O)C(=O)O. The van der Waals surface area contributed by atoms with Crippen molar-refractivity contribution in [1.29, 1.82) is 0 Å². The van der Waals surface area contributed by atoms with Gasteiger partial charge in [0.1, 0.15) is 0 Å². The van der Waals surface area contributed by atoms with E-state index in [-0.39, 0.29) is 32.9 Å². The first kappa shape index (κ1) is 18.2.